The number of thiol groups is 1. The third kappa shape index (κ3) is 1.88. The van der Waals surface area contributed by atoms with Gasteiger partial charge in [0, 0.05) is 16.6 Å². The first kappa shape index (κ1) is 11.3. The molecular weight excluding hydrogens is 244 g/mol. The molecule has 0 unspecified atom stereocenters. The highest BCUT2D eigenvalue weighted by molar-refractivity contribution is 7.79. The molecule has 3 nitrogen and oxygen atoms in total. The lowest BCUT2D eigenvalue weighted by Gasteiger charge is -2.02. The van der Waals surface area contributed by atoms with Crippen LogP contribution < -0.4 is 0 Å². The van der Waals surface area contributed by atoms with Crippen molar-refractivity contribution in [1.82, 2.24) is 9.97 Å². The van der Waals surface area contributed by atoms with Crippen LogP contribution in [0.2, 0.25) is 0 Å². The zero-order valence-corrected chi connectivity index (χ0v) is 10.8. The van der Waals surface area contributed by atoms with E-state index >= 15 is 0 Å². The molecule has 0 aliphatic carbocycles. The average Bonchev–Trinajstić information content (AvgIpc) is 2.81. The fourth-order valence-corrected chi connectivity index (χ4v) is 2.16. The fraction of sp³-hybridized carbons (Fsp3) is 0.143. The molecule has 90 valence electrons. The second-order valence-corrected chi connectivity index (χ2v) is 4.43. The van der Waals surface area contributed by atoms with Crippen LogP contribution in [0.5, 0.6) is 0 Å². The van der Waals surface area contributed by atoms with Crippen LogP contribution in [0.3, 0.4) is 0 Å². The highest BCUT2D eigenvalue weighted by Gasteiger charge is 2.10. The van der Waals surface area contributed by atoms with Gasteiger partial charge in [-0.3, -0.25) is 0 Å². The molecule has 2 aromatic heterocycles. The number of aromatic nitrogens is 2. The van der Waals surface area contributed by atoms with E-state index < -0.39 is 0 Å². The summed E-state index contributed by atoms with van der Waals surface area (Å²) in [6.45, 7) is 1.96. The average molecular weight is 256 g/mol. The highest BCUT2D eigenvalue weighted by Crippen LogP contribution is 2.29. The van der Waals surface area contributed by atoms with E-state index in [0.29, 0.717) is 5.75 Å². The van der Waals surface area contributed by atoms with Crippen LogP contribution in [0.15, 0.2) is 41.0 Å². The second-order valence-electron chi connectivity index (χ2n) is 4.11. The molecular formula is C14H12N2OS. The van der Waals surface area contributed by atoms with Crippen LogP contribution >= 0.6 is 12.6 Å². The van der Waals surface area contributed by atoms with Crippen LogP contribution in [-0.4, -0.2) is 9.97 Å². The van der Waals surface area contributed by atoms with Crippen LogP contribution in [0.25, 0.3) is 22.2 Å². The number of furan rings is 1. The SMILES string of the molecule is Cc1cc(-c2coc3ccccc23)nc(CS)n1. The lowest BCUT2D eigenvalue weighted by molar-refractivity contribution is 0.616. The van der Waals surface area contributed by atoms with E-state index in [4.69, 9.17) is 4.42 Å². The Bertz CT molecular complexity index is 706. The predicted octanol–water partition coefficient (Wildman–Crippen LogP) is 3.63. The quantitative estimate of drug-likeness (QED) is 0.712. The topological polar surface area (TPSA) is 38.9 Å². The van der Waals surface area contributed by atoms with Gasteiger partial charge in [-0.1, -0.05) is 18.2 Å². The van der Waals surface area contributed by atoms with Crippen LogP contribution in [-0.2, 0) is 5.75 Å². The van der Waals surface area contributed by atoms with Gasteiger partial charge in [-0.05, 0) is 19.1 Å². The molecule has 4 heteroatoms. The largest absolute Gasteiger partial charge is 0.464 e. The monoisotopic (exact) mass is 256 g/mol. The van der Waals surface area contributed by atoms with Gasteiger partial charge in [0.05, 0.1) is 11.4 Å². The van der Waals surface area contributed by atoms with Gasteiger partial charge in [0.25, 0.3) is 0 Å². The van der Waals surface area contributed by atoms with Crippen molar-refractivity contribution < 1.29 is 4.42 Å². The van der Waals surface area contributed by atoms with Crippen LogP contribution in [0.1, 0.15) is 11.5 Å². The Morgan fingerprint density at radius 1 is 1.22 bits per heavy atom. The van der Waals surface area contributed by atoms with Gasteiger partial charge in [0.1, 0.15) is 17.7 Å². The van der Waals surface area contributed by atoms with Crippen LogP contribution in [0, 0.1) is 6.92 Å². The standard InChI is InChI=1S/C14H12N2OS/c1-9-6-12(16-14(8-18)15-9)11-7-17-13-5-3-2-4-10(11)13/h2-7,18H,8H2,1H3. The van der Waals surface area contributed by atoms with E-state index in [-0.39, 0.29) is 0 Å². The molecule has 0 spiro atoms. The van der Waals surface area contributed by atoms with Crippen molar-refractivity contribution in [3.63, 3.8) is 0 Å². The molecule has 18 heavy (non-hydrogen) atoms. The Morgan fingerprint density at radius 2 is 2.06 bits per heavy atom. The number of aryl methyl sites for hydroxylation is 1. The number of hydrogen-bond donors (Lipinski definition) is 1. The van der Waals surface area contributed by atoms with Crippen molar-refractivity contribution in [2.75, 3.05) is 0 Å². The minimum Gasteiger partial charge on any atom is -0.464 e. The molecule has 0 aliphatic heterocycles. The Morgan fingerprint density at radius 3 is 2.89 bits per heavy atom. The van der Waals surface area contributed by atoms with E-state index in [9.17, 15) is 0 Å². The van der Waals surface area contributed by atoms with Crippen molar-refractivity contribution in [2.24, 2.45) is 0 Å². The molecule has 0 bridgehead atoms. The van der Waals surface area contributed by atoms with Gasteiger partial charge in [-0.2, -0.15) is 12.6 Å². The third-order valence-electron chi connectivity index (χ3n) is 2.80. The number of benzene rings is 1. The molecule has 3 aromatic rings. The van der Waals surface area contributed by atoms with Gasteiger partial charge in [0.2, 0.25) is 0 Å². The molecule has 0 aliphatic rings. The fourth-order valence-electron chi connectivity index (χ4n) is 2.01. The van der Waals surface area contributed by atoms with Crippen molar-refractivity contribution in [1.29, 1.82) is 0 Å². The summed E-state index contributed by atoms with van der Waals surface area (Å²) in [6, 6.07) is 9.90. The maximum atomic E-state index is 5.54. The van der Waals surface area contributed by atoms with Crippen molar-refractivity contribution in [2.45, 2.75) is 12.7 Å². The van der Waals surface area contributed by atoms with Crippen molar-refractivity contribution in [3.8, 4) is 11.3 Å². The summed E-state index contributed by atoms with van der Waals surface area (Å²) in [5.41, 5.74) is 3.70. The summed E-state index contributed by atoms with van der Waals surface area (Å²) in [7, 11) is 0. The molecule has 0 amide bonds. The molecule has 0 saturated carbocycles. The first-order valence-corrected chi connectivity index (χ1v) is 6.33. The van der Waals surface area contributed by atoms with E-state index in [1.54, 1.807) is 6.26 Å². The summed E-state index contributed by atoms with van der Waals surface area (Å²) in [5, 5.41) is 1.07. The molecule has 2 heterocycles. The van der Waals surface area contributed by atoms with E-state index in [1.165, 1.54) is 0 Å². The molecule has 0 fully saturated rings. The summed E-state index contributed by atoms with van der Waals surface area (Å²) >= 11 is 4.23. The maximum absolute atomic E-state index is 5.54. The smallest absolute Gasteiger partial charge is 0.138 e. The minimum atomic E-state index is 0.532. The molecule has 0 atom stereocenters. The van der Waals surface area contributed by atoms with Gasteiger partial charge < -0.3 is 4.42 Å². The van der Waals surface area contributed by atoms with Gasteiger partial charge in [-0.15, -0.1) is 0 Å². The molecule has 0 radical (unpaired) electrons. The number of rotatable bonds is 2. The van der Waals surface area contributed by atoms with Gasteiger partial charge in [0.15, 0.2) is 0 Å². The molecule has 3 rings (SSSR count). The van der Waals surface area contributed by atoms with Gasteiger partial charge >= 0.3 is 0 Å². The van der Waals surface area contributed by atoms with Crippen molar-refractivity contribution >= 4 is 23.6 Å². The summed E-state index contributed by atoms with van der Waals surface area (Å²) in [6.07, 6.45) is 1.74. The Hall–Kier alpha value is -1.81. The second kappa shape index (κ2) is 4.46. The number of fused-ring (bicyclic) bond motifs is 1. The number of para-hydroxylation sites is 1. The first-order chi connectivity index (χ1) is 8.78. The first-order valence-electron chi connectivity index (χ1n) is 5.70. The van der Waals surface area contributed by atoms with E-state index in [1.807, 2.05) is 37.3 Å². The van der Waals surface area contributed by atoms with Crippen molar-refractivity contribution in [3.05, 3.63) is 48.1 Å². The normalized spacial score (nSPS) is 11.0. The van der Waals surface area contributed by atoms with Gasteiger partial charge in [-0.25, -0.2) is 9.97 Å². The van der Waals surface area contributed by atoms with E-state index in [2.05, 4.69) is 22.6 Å². The number of nitrogens with zero attached hydrogens (tertiary/aromatic N) is 2. The summed E-state index contributed by atoms with van der Waals surface area (Å²) in [5.74, 6) is 1.27. The third-order valence-corrected chi connectivity index (χ3v) is 3.08. The molecule has 1 aromatic carbocycles. The maximum Gasteiger partial charge on any atom is 0.138 e. The highest BCUT2D eigenvalue weighted by atomic mass is 32.1. The summed E-state index contributed by atoms with van der Waals surface area (Å²) < 4.78 is 5.54. The molecule has 0 saturated heterocycles. The Balaban J connectivity index is 2.22. The predicted molar refractivity (Wildman–Crippen MR) is 74.7 cm³/mol. The zero-order chi connectivity index (χ0) is 12.5. The van der Waals surface area contributed by atoms with Crippen LogP contribution in [0.4, 0.5) is 0 Å². The zero-order valence-electron chi connectivity index (χ0n) is 9.92. The summed E-state index contributed by atoms with van der Waals surface area (Å²) in [4.78, 5) is 8.82. The number of hydrogen-bond acceptors (Lipinski definition) is 4. The molecule has 0 N–H and O–H groups in total. The van der Waals surface area contributed by atoms with E-state index in [0.717, 1.165) is 33.7 Å². The Labute approximate surface area is 110 Å². The lowest BCUT2D eigenvalue weighted by atomic mass is 10.1. The minimum absolute atomic E-state index is 0.532. The Kier molecular flexibility index (Phi) is 2.80. The lowest BCUT2D eigenvalue weighted by Crippen LogP contribution is -1.96.